The van der Waals surface area contributed by atoms with Gasteiger partial charge in [0.2, 0.25) is 0 Å². The topological polar surface area (TPSA) is 273 Å². The van der Waals surface area contributed by atoms with Crippen LogP contribution >= 0.6 is 0 Å². The van der Waals surface area contributed by atoms with E-state index in [2.05, 4.69) is 16.0 Å². The van der Waals surface area contributed by atoms with Crippen LogP contribution in [0.5, 0.6) is 0 Å². The average Bonchev–Trinajstić information content (AvgIpc) is 2.83. The van der Waals surface area contributed by atoms with Crippen molar-refractivity contribution >= 4 is 11.8 Å². The summed E-state index contributed by atoms with van der Waals surface area (Å²) >= 11 is 0. The highest BCUT2D eigenvalue weighted by Crippen LogP contribution is 2.06. The van der Waals surface area contributed by atoms with Crippen LogP contribution in [-0.4, -0.2) is 151 Å². The van der Waals surface area contributed by atoms with Gasteiger partial charge in [-0.2, -0.15) is 0 Å². The summed E-state index contributed by atoms with van der Waals surface area (Å²) in [5, 5.41) is 101. The number of hydrogen-bond donors (Lipinski definition) is 13. The zero-order valence-corrected chi connectivity index (χ0v) is 18.1. The van der Waals surface area contributed by atoms with Gasteiger partial charge in [0.1, 0.15) is 36.6 Å². The number of carbonyl (C=O) groups is 2. The number of nitrogens with one attached hydrogen (secondary N) is 3. The fourth-order valence-corrected chi connectivity index (χ4v) is 2.54. The van der Waals surface area contributed by atoms with Crippen LogP contribution in [0.4, 0.5) is 0 Å². The number of rotatable bonds is 18. The summed E-state index contributed by atoms with van der Waals surface area (Å²) < 4.78 is 0. The summed E-state index contributed by atoms with van der Waals surface area (Å²) in [4.78, 5) is 23.4. The van der Waals surface area contributed by atoms with E-state index in [0.29, 0.717) is 25.9 Å². The Morgan fingerprint density at radius 2 is 0.879 bits per heavy atom. The Bertz CT molecular complexity index is 512. The van der Waals surface area contributed by atoms with Crippen LogP contribution in [0.15, 0.2) is 0 Å². The maximum atomic E-state index is 11.7. The van der Waals surface area contributed by atoms with E-state index < -0.39 is 73.9 Å². The van der Waals surface area contributed by atoms with Crippen molar-refractivity contribution in [2.45, 2.75) is 61.7 Å². The molecule has 2 amide bonds. The van der Waals surface area contributed by atoms with E-state index in [1.807, 2.05) is 0 Å². The molecule has 0 aliphatic heterocycles. The first-order chi connectivity index (χ1) is 15.5. The van der Waals surface area contributed by atoms with Crippen LogP contribution in [0.3, 0.4) is 0 Å². The first kappa shape index (κ1) is 31.5. The Kier molecular flexibility index (Phi) is 16.2. The molecule has 0 fully saturated rings. The molecule has 196 valence electrons. The molecule has 0 heterocycles. The second-order valence-corrected chi connectivity index (χ2v) is 7.39. The molecule has 8 atom stereocenters. The molecular formula is C18H37N3O12. The monoisotopic (exact) mass is 487 g/mol. The van der Waals surface area contributed by atoms with Crippen molar-refractivity contribution in [3.05, 3.63) is 0 Å². The van der Waals surface area contributed by atoms with Crippen molar-refractivity contribution in [1.82, 2.24) is 16.0 Å². The van der Waals surface area contributed by atoms with Crippen molar-refractivity contribution in [3.8, 4) is 0 Å². The van der Waals surface area contributed by atoms with E-state index in [1.165, 1.54) is 0 Å². The van der Waals surface area contributed by atoms with Gasteiger partial charge in [-0.1, -0.05) is 0 Å². The molecule has 15 nitrogen and oxygen atoms in total. The predicted octanol–water partition coefficient (Wildman–Crippen LogP) is -7.54. The molecule has 0 aromatic rings. The summed E-state index contributed by atoms with van der Waals surface area (Å²) in [6.07, 6.45) is -14.3. The molecule has 0 bridgehead atoms. The molecule has 33 heavy (non-hydrogen) atoms. The molecule has 0 aromatic carbocycles. The van der Waals surface area contributed by atoms with Gasteiger partial charge < -0.3 is 67.0 Å². The lowest BCUT2D eigenvalue weighted by molar-refractivity contribution is -0.149. The summed E-state index contributed by atoms with van der Waals surface area (Å²) in [5.41, 5.74) is 0. The third kappa shape index (κ3) is 11.5. The molecule has 0 saturated carbocycles. The van der Waals surface area contributed by atoms with E-state index >= 15 is 0 Å². The largest absolute Gasteiger partial charge is 0.394 e. The number of aliphatic hydroxyl groups excluding tert-OH is 10. The average molecular weight is 488 g/mol. The molecule has 0 unspecified atom stereocenters. The molecule has 0 spiro atoms. The van der Waals surface area contributed by atoms with E-state index in [9.17, 15) is 50.4 Å². The maximum absolute atomic E-state index is 11.7. The van der Waals surface area contributed by atoms with Gasteiger partial charge in [0.05, 0.1) is 13.2 Å². The van der Waals surface area contributed by atoms with E-state index in [1.54, 1.807) is 0 Å². The standard InChI is InChI=1S/C18H37N3O12/c22-7-9(24)11(26)13(28)15(30)17(32)20-5-1-3-19-4-2-6-21-18(33)16(31)14(29)12(27)10(25)8-23/h9-16,19,22-31H,1-8H2,(H,20,32)(H,21,33)/t9-,10-,11-,12-,13-,14-,15-,16+/m1/s1. The molecule has 0 aliphatic rings. The summed E-state index contributed by atoms with van der Waals surface area (Å²) in [7, 11) is 0. The lowest BCUT2D eigenvalue weighted by Gasteiger charge is -2.25. The minimum Gasteiger partial charge on any atom is -0.394 e. The Labute approximate surface area is 190 Å². The van der Waals surface area contributed by atoms with Crippen molar-refractivity contribution < 1.29 is 60.7 Å². The zero-order valence-electron chi connectivity index (χ0n) is 18.1. The number of carbonyl (C=O) groups excluding carboxylic acids is 2. The van der Waals surface area contributed by atoms with Gasteiger partial charge in [0, 0.05) is 13.1 Å². The van der Waals surface area contributed by atoms with E-state index in [4.69, 9.17) is 10.2 Å². The van der Waals surface area contributed by atoms with Crippen molar-refractivity contribution in [2.24, 2.45) is 0 Å². The van der Waals surface area contributed by atoms with E-state index in [0.717, 1.165) is 0 Å². The molecule has 0 aromatic heterocycles. The number of hydrogen-bond acceptors (Lipinski definition) is 13. The maximum Gasteiger partial charge on any atom is 0.251 e. The molecular weight excluding hydrogens is 450 g/mol. The minimum atomic E-state index is -2.00. The van der Waals surface area contributed by atoms with Crippen LogP contribution in [-0.2, 0) is 9.59 Å². The highest BCUT2D eigenvalue weighted by Gasteiger charge is 2.34. The van der Waals surface area contributed by atoms with Crippen LogP contribution < -0.4 is 16.0 Å². The molecule has 15 heteroatoms. The van der Waals surface area contributed by atoms with E-state index in [-0.39, 0.29) is 13.1 Å². The third-order valence-corrected chi connectivity index (χ3v) is 4.71. The Balaban J connectivity index is 3.93. The SMILES string of the molecule is O=C(NCCCNCCCNC(=O)[C@H](O)[C@H](O)[C@H](O)[C@H](O)CO)[C@@H](O)[C@H](O)[C@H](O)[C@H](O)CO. The van der Waals surface area contributed by atoms with Gasteiger partial charge in [0.25, 0.3) is 11.8 Å². The number of aliphatic hydroxyl groups is 10. The summed E-state index contributed by atoms with van der Waals surface area (Å²) in [6.45, 7) is -0.602. The molecule has 0 rings (SSSR count). The van der Waals surface area contributed by atoms with Crippen molar-refractivity contribution in [1.29, 1.82) is 0 Å². The second kappa shape index (κ2) is 17.0. The molecule has 13 N–H and O–H groups in total. The predicted molar refractivity (Wildman–Crippen MR) is 110 cm³/mol. The first-order valence-electron chi connectivity index (χ1n) is 10.4. The van der Waals surface area contributed by atoms with Gasteiger partial charge in [-0.3, -0.25) is 9.59 Å². The lowest BCUT2D eigenvalue weighted by atomic mass is 10.0. The highest BCUT2D eigenvalue weighted by atomic mass is 16.4. The van der Waals surface area contributed by atoms with Crippen LogP contribution in [0.25, 0.3) is 0 Å². The van der Waals surface area contributed by atoms with Crippen LogP contribution in [0, 0.1) is 0 Å². The second-order valence-electron chi connectivity index (χ2n) is 7.39. The Morgan fingerprint density at radius 3 is 1.18 bits per heavy atom. The van der Waals surface area contributed by atoms with Crippen LogP contribution in [0.1, 0.15) is 12.8 Å². The van der Waals surface area contributed by atoms with Gasteiger partial charge in [-0.05, 0) is 25.9 Å². The third-order valence-electron chi connectivity index (χ3n) is 4.71. The summed E-state index contributed by atoms with van der Waals surface area (Å²) in [5.74, 6) is -1.93. The normalized spacial score (nSPS) is 19.0. The highest BCUT2D eigenvalue weighted by molar-refractivity contribution is 5.81. The number of amides is 2. The quantitative estimate of drug-likeness (QED) is 0.0801. The van der Waals surface area contributed by atoms with Crippen molar-refractivity contribution in [3.63, 3.8) is 0 Å². The van der Waals surface area contributed by atoms with Gasteiger partial charge in [-0.25, -0.2) is 0 Å². The fourth-order valence-electron chi connectivity index (χ4n) is 2.54. The van der Waals surface area contributed by atoms with Gasteiger partial charge in [0.15, 0.2) is 12.2 Å². The van der Waals surface area contributed by atoms with Gasteiger partial charge in [-0.15, -0.1) is 0 Å². The Hall–Kier alpha value is -1.50. The molecule has 0 aliphatic carbocycles. The molecule has 0 saturated heterocycles. The molecule has 0 radical (unpaired) electrons. The Morgan fingerprint density at radius 1 is 0.545 bits per heavy atom. The zero-order chi connectivity index (χ0) is 25.6. The lowest BCUT2D eigenvalue weighted by Crippen LogP contribution is -2.51. The van der Waals surface area contributed by atoms with Crippen molar-refractivity contribution in [2.75, 3.05) is 39.4 Å². The smallest absolute Gasteiger partial charge is 0.251 e. The fraction of sp³-hybridized carbons (Fsp3) is 0.889. The van der Waals surface area contributed by atoms with Gasteiger partial charge >= 0.3 is 0 Å². The summed E-state index contributed by atoms with van der Waals surface area (Å²) in [6, 6.07) is 0. The van der Waals surface area contributed by atoms with Crippen LogP contribution in [0.2, 0.25) is 0 Å². The first-order valence-corrected chi connectivity index (χ1v) is 10.4. The minimum absolute atomic E-state index is 0.122.